The summed E-state index contributed by atoms with van der Waals surface area (Å²) in [7, 11) is 0. The fraction of sp³-hybridized carbons (Fsp3) is 0.800. The van der Waals surface area contributed by atoms with Gasteiger partial charge in [0.25, 0.3) is 0 Å². The van der Waals surface area contributed by atoms with Gasteiger partial charge < -0.3 is 9.84 Å². The number of carbonyl (C=O) groups excluding carboxylic acids is 1. The molecule has 0 saturated carbocycles. The topological polar surface area (TPSA) is 63.6 Å². The van der Waals surface area contributed by atoms with Gasteiger partial charge in [0, 0.05) is 5.41 Å². The normalized spacial score (nSPS) is 32.9. The average molecular weight is 200 g/mol. The number of carbonyl (C=O) groups is 2. The van der Waals surface area contributed by atoms with Crippen molar-refractivity contribution in [2.75, 3.05) is 0 Å². The molecule has 0 aromatic heterocycles. The molecule has 0 aromatic rings. The number of aliphatic carboxylic acids is 1. The van der Waals surface area contributed by atoms with E-state index in [1.54, 1.807) is 6.92 Å². The summed E-state index contributed by atoms with van der Waals surface area (Å²) < 4.78 is 5.08. The molecule has 0 amide bonds. The largest absolute Gasteiger partial charge is 0.481 e. The summed E-state index contributed by atoms with van der Waals surface area (Å²) in [6.07, 6.45) is -0.593. The summed E-state index contributed by atoms with van der Waals surface area (Å²) in [5.41, 5.74) is -1.44. The fourth-order valence-electron chi connectivity index (χ4n) is 2.02. The summed E-state index contributed by atoms with van der Waals surface area (Å²) in [6.45, 7) is 7.18. The summed E-state index contributed by atoms with van der Waals surface area (Å²) in [6, 6.07) is 0. The first-order valence-electron chi connectivity index (χ1n) is 4.61. The van der Waals surface area contributed by atoms with Crippen molar-refractivity contribution in [2.45, 2.75) is 40.2 Å². The highest BCUT2D eigenvalue weighted by molar-refractivity contribution is 5.85. The van der Waals surface area contributed by atoms with Crippen LogP contribution in [0.3, 0.4) is 0 Å². The van der Waals surface area contributed by atoms with Crippen molar-refractivity contribution in [3.63, 3.8) is 0 Å². The number of carboxylic acid groups (broad SMARTS) is 1. The molecule has 1 aliphatic rings. The molecular formula is C10H16O4. The van der Waals surface area contributed by atoms with Gasteiger partial charge in [-0.3, -0.25) is 9.59 Å². The number of ether oxygens (including phenoxy) is 1. The zero-order valence-corrected chi connectivity index (χ0v) is 8.96. The second-order valence-corrected chi connectivity index (χ2v) is 5.14. The summed E-state index contributed by atoms with van der Waals surface area (Å²) in [5.74, 6) is -1.39. The molecular weight excluding hydrogens is 184 g/mol. The molecule has 0 radical (unpaired) electrons. The van der Waals surface area contributed by atoms with Crippen molar-refractivity contribution >= 4 is 11.9 Å². The molecule has 0 aliphatic carbocycles. The van der Waals surface area contributed by atoms with Gasteiger partial charge >= 0.3 is 11.9 Å². The van der Waals surface area contributed by atoms with Crippen LogP contribution in [-0.4, -0.2) is 23.1 Å². The van der Waals surface area contributed by atoms with Crippen LogP contribution < -0.4 is 0 Å². The smallest absolute Gasteiger partial charge is 0.313 e. The first-order chi connectivity index (χ1) is 6.18. The van der Waals surface area contributed by atoms with Crippen molar-refractivity contribution < 1.29 is 19.4 Å². The lowest BCUT2D eigenvalue weighted by Gasteiger charge is -2.34. The van der Waals surface area contributed by atoms with Crippen LogP contribution in [0.4, 0.5) is 0 Å². The molecule has 80 valence electrons. The third-order valence-electron chi connectivity index (χ3n) is 2.61. The molecule has 14 heavy (non-hydrogen) atoms. The highest BCUT2D eigenvalue weighted by atomic mass is 16.6. The minimum atomic E-state index is -1.09. The van der Waals surface area contributed by atoms with Crippen LogP contribution in [0.5, 0.6) is 0 Å². The molecule has 2 atom stereocenters. The number of hydrogen-bond acceptors (Lipinski definition) is 3. The van der Waals surface area contributed by atoms with Gasteiger partial charge in [-0.05, 0) is 6.92 Å². The van der Waals surface area contributed by atoms with Crippen molar-refractivity contribution in [3.8, 4) is 0 Å². The van der Waals surface area contributed by atoms with E-state index in [0.717, 1.165) is 0 Å². The minimum Gasteiger partial charge on any atom is -0.481 e. The van der Waals surface area contributed by atoms with E-state index in [1.807, 2.05) is 20.8 Å². The Labute approximate surface area is 83.2 Å². The second kappa shape index (κ2) is 2.97. The lowest BCUT2D eigenvalue weighted by atomic mass is 9.72. The van der Waals surface area contributed by atoms with Crippen molar-refractivity contribution in [1.82, 2.24) is 0 Å². The first kappa shape index (κ1) is 11.0. The summed E-state index contributed by atoms with van der Waals surface area (Å²) >= 11 is 0. The van der Waals surface area contributed by atoms with E-state index in [1.165, 1.54) is 0 Å². The van der Waals surface area contributed by atoms with Crippen LogP contribution in [-0.2, 0) is 14.3 Å². The lowest BCUT2D eigenvalue weighted by molar-refractivity contribution is -0.157. The van der Waals surface area contributed by atoms with Crippen molar-refractivity contribution in [1.29, 1.82) is 0 Å². The summed E-state index contributed by atoms with van der Waals surface area (Å²) in [4.78, 5) is 22.2. The van der Waals surface area contributed by atoms with Gasteiger partial charge in [0.2, 0.25) is 0 Å². The van der Waals surface area contributed by atoms with Gasteiger partial charge in [-0.2, -0.15) is 0 Å². The maximum absolute atomic E-state index is 11.1. The van der Waals surface area contributed by atoms with E-state index >= 15 is 0 Å². The molecule has 0 bridgehead atoms. The predicted molar refractivity (Wildman–Crippen MR) is 49.7 cm³/mol. The van der Waals surface area contributed by atoms with Gasteiger partial charge in [0.05, 0.1) is 6.42 Å². The Morgan fingerprint density at radius 3 is 2.36 bits per heavy atom. The maximum Gasteiger partial charge on any atom is 0.313 e. The number of rotatable bonds is 1. The van der Waals surface area contributed by atoms with E-state index in [0.29, 0.717) is 0 Å². The minimum absolute atomic E-state index is 0.0374. The standard InChI is InChI=1S/C10H16O4/c1-9(2,3)7-10(4,8(12)13)5-6(11)14-7/h7H,5H2,1-4H3,(H,12,13). The number of cyclic esters (lactones) is 1. The van der Waals surface area contributed by atoms with E-state index < -0.39 is 23.5 Å². The molecule has 1 rings (SSSR count). The second-order valence-electron chi connectivity index (χ2n) is 5.14. The Bertz CT molecular complexity index is 276. The quantitative estimate of drug-likeness (QED) is 0.650. The van der Waals surface area contributed by atoms with E-state index in [2.05, 4.69) is 0 Å². The Kier molecular flexibility index (Phi) is 2.34. The van der Waals surface area contributed by atoms with Crippen LogP contribution in [0.1, 0.15) is 34.1 Å². The third-order valence-corrected chi connectivity index (χ3v) is 2.61. The van der Waals surface area contributed by atoms with E-state index in [9.17, 15) is 9.59 Å². The molecule has 1 fully saturated rings. The summed E-state index contributed by atoms with van der Waals surface area (Å²) in [5, 5.41) is 9.09. The molecule has 1 heterocycles. The van der Waals surface area contributed by atoms with Crippen LogP contribution in [0.2, 0.25) is 0 Å². The molecule has 1 aliphatic heterocycles. The molecule has 0 aromatic carbocycles. The highest BCUT2D eigenvalue weighted by Gasteiger charge is 2.55. The van der Waals surface area contributed by atoms with Crippen LogP contribution >= 0.6 is 0 Å². The lowest BCUT2D eigenvalue weighted by Crippen LogP contribution is -2.43. The fourth-order valence-corrected chi connectivity index (χ4v) is 2.02. The van der Waals surface area contributed by atoms with Gasteiger partial charge in [-0.25, -0.2) is 0 Å². The van der Waals surface area contributed by atoms with Gasteiger partial charge in [0.15, 0.2) is 0 Å². The number of esters is 1. The Morgan fingerprint density at radius 1 is 1.57 bits per heavy atom. The molecule has 4 nitrogen and oxygen atoms in total. The third kappa shape index (κ3) is 1.61. The molecule has 2 unspecified atom stereocenters. The van der Waals surface area contributed by atoms with Gasteiger partial charge in [-0.15, -0.1) is 0 Å². The van der Waals surface area contributed by atoms with Crippen molar-refractivity contribution in [3.05, 3.63) is 0 Å². The average Bonchev–Trinajstić information content (AvgIpc) is 2.26. The van der Waals surface area contributed by atoms with Gasteiger partial charge in [-0.1, -0.05) is 20.8 Å². The molecule has 1 N–H and O–H groups in total. The predicted octanol–water partition coefficient (Wildman–Crippen LogP) is 1.44. The first-order valence-corrected chi connectivity index (χ1v) is 4.61. The zero-order chi connectivity index (χ0) is 11.1. The van der Waals surface area contributed by atoms with E-state index in [-0.39, 0.29) is 11.8 Å². The van der Waals surface area contributed by atoms with Crippen LogP contribution in [0.15, 0.2) is 0 Å². The van der Waals surface area contributed by atoms with Crippen LogP contribution in [0, 0.1) is 10.8 Å². The molecule has 0 spiro atoms. The molecule has 4 heteroatoms. The Balaban J connectivity index is 3.06. The highest BCUT2D eigenvalue weighted by Crippen LogP contribution is 2.44. The number of hydrogen-bond donors (Lipinski definition) is 1. The maximum atomic E-state index is 11.1. The van der Waals surface area contributed by atoms with Gasteiger partial charge in [0.1, 0.15) is 11.5 Å². The Morgan fingerprint density at radius 2 is 2.07 bits per heavy atom. The number of carboxylic acids is 1. The monoisotopic (exact) mass is 200 g/mol. The Hall–Kier alpha value is -1.06. The molecule has 1 saturated heterocycles. The van der Waals surface area contributed by atoms with Crippen molar-refractivity contribution in [2.24, 2.45) is 10.8 Å². The zero-order valence-electron chi connectivity index (χ0n) is 8.96. The van der Waals surface area contributed by atoms with E-state index in [4.69, 9.17) is 9.84 Å². The van der Waals surface area contributed by atoms with Crippen LogP contribution in [0.25, 0.3) is 0 Å². The SMILES string of the molecule is CC(C)(C)C1OC(=O)CC1(C)C(=O)O.